The zero-order chi connectivity index (χ0) is 30.3. The molecule has 0 spiro atoms. The predicted octanol–water partition coefficient (Wildman–Crippen LogP) is 5.58. The van der Waals surface area contributed by atoms with Crippen LogP contribution in [-0.2, 0) is 32.6 Å². The Morgan fingerprint density at radius 1 is 0.929 bits per heavy atom. The monoisotopic (exact) mass is 661 g/mol. The number of anilines is 1. The van der Waals surface area contributed by atoms with Crippen molar-refractivity contribution < 1.29 is 26.8 Å². The van der Waals surface area contributed by atoms with Gasteiger partial charge >= 0.3 is 0 Å². The van der Waals surface area contributed by atoms with Crippen LogP contribution < -0.4 is 9.62 Å². The molecule has 42 heavy (non-hydrogen) atoms. The van der Waals surface area contributed by atoms with Gasteiger partial charge in [0.2, 0.25) is 21.8 Å². The maximum atomic E-state index is 14.1. The van der Waals surface area contributed by atoms with Crippen LogP contribution in [0.4, 0.5) is 14.5 Å². The molecule has 3 aromatic rings. The standard InChI is InChI=1S/C31H34BrF2N3O4S/c1-42(40,41)37(26-16-17-27(33)28(34)19-26)21-30(38)36(20-23-12-14-24(32)15-13-23)29(18-22-8-4-2-5-9-22)31(39)35-25-10-6-3-7-11-25/h2,4-5,8-9,12-17,19,25,29H,3,6-7,10-11,18,20-21H2,1H3,(H,35,39)/t29-/m0/s1. The highest BCUT2D eigenvalue weighted by Gasteiger charge is 2.34. The third-order valence-electron chi connectivity index (χ3n) is 7.36. The summed E-state index contributed by atoms with van der Waals surface area (Å²) in [5, 5.41) is 3.13. The highest BCUT2D eigenvalue weighted by Crippen LogP contribution is 2.24. The van der Waals surface area contributed by atoms with Crippen molar-refractivity contribution in [1.29, 1.82) is 0 Å². The Morgan fingerprint density at radius 3 is 2.21 bits per heavy atom. The van der Waals surface area contributed by atoms with E-state index in [0.717, 1.165) is 76.5 Å². The Bertz CT molecular complexity index is 1480. The second-order valence-electron chi connectivity index (χ2n) is 10.6. The largest absolute Gasteiger partial charge is 0.352 e. The molecule has 0 heterocycles. The summed E-state index contributed by atoms with van der Waals surface area (Å²) in [4.78, 5) is 29.4. The van der Waals surface area contributed by atoms with Gasteiger partial charge in [0.05, 0.1) is 11.9 Å². The Labute approximate surface area is 254 Å². The van der Waals surface area contributed by atoms with Crippen LogP contribution in [0.5, 0.6) is 0 Å². The van der Waals surface area contributed by atoms with Gasteiger partial charge in [0.15, 0.2) is 11.6 Å². The summed E-state index contributed by atoms with van der Waals surface area (Å²) in [5.74, 6) is -3.37. The topological polar surface area (TPSA) is 86.8 Å². The summed E-state index contributed by atoms with van der Waals surface area (Å²) in [7, 11) is -4.09. The van der Waals surface area contributed by atoms with Crippen molar-refractivity contribution in [2.75, 3.05) is 17.1 Å². The normalized spacial score (nSPS) is 14.7. The number of carbonyl (C=O) groups excluding carboxylic acids is 2. The number of hydrogen-bond acceptors (Lipinski definition) is 4. The van der Waals surface area contributed by atoms with Crippen molar-refractivity contribution in [3.8, 4) is 0 Å². The Kier molecular flexibility index (Phi) is 10.7. The van der Waals surface area contributed by atoms with E-state index in [1.807, 2.05) is 54.6 Å². The van der Waals surface area contributed by atoms with Crippen LogP contribution in [0.25, 0.3) is 0 Å². The molecule has 0 aliphatic heterocycles. The molecule has 11 heteroatoms. The van der Waals surface area contributed by atoms with E-state index in [2.05, 4.69) is 21.2 Å². The smallest absolute Gasteiger partial charge is 0.244 e. The van der Waals surface area contributed by atoms with Crippen LogP contribution in [0.15, 0.2) is 77.3 Å². The molecule has 1 fully saturated rings. The van der Waals surface area contributed by atoms with E-state index in [1.165, 1.54) is 4.90 Å². The fraction of sp³-hybridized carbons (Fsp3) is 0.355. The molecular formula is C31H34BrF2N3O4S. The maximum Gasteiger partial charge on any atom is 0.244 e. The quantitative estimate of drug-likeness (QED) is 0.291. The van der Waals surface area contributed by atoms with Crippen molar-refractivity contribution in [2.24, 2.45) is 0 Å². The number of nitrogens with one attached hydrogen (secondary N) is 1. The van der Waals surface area contributed by atoms with E-state index >= 15 is 0 Å². The van der Waals surface area contributed by atoms with E-state index in [9.17, 15) is 26.8 Å². The van der Waals surface area contributed by atoms with Crippen molar-refractivity contribution in [1.82, 2.24) is 10.2 Å². The van der Waals surface area contributed by atoms with Crippen molar-refractivity contribution in [3.05, 3.63) is 100 Å². The minimum Gasteiger partial charge on any atom is -0.352 e. The molecule has 1 N–H and O–H groups in total. The molecule has 0 unspecified atom stereocenters. The molecule has 1 aliphatic carbocycles. The van der Waals surface area contributed by atoms with Crippen LogP contribution in [0.2, 0.25) is 0 Å². The lowest BCUT2D eigenvalue weighted by Crippen LogP contribution is -2.55. The Balaban J connectivity index is 1.72. The SMILES string of the molecule is CS(=O)(=O)N(CC(=O)N(Cc1ccc(Br)cc1)[C@@H](Cc1ccccc1)C(=O)NC1CCCCC1)c1ccc(F)c(F)c1. The number of rotatable bonds is 11. The summed E-state index contributed by atoms with van der Waals surface area (Å²) < 4.78 is 54.9. The highest BCUT2D eigenvalue weighted by molar-refractivity contribution is 9.10. The molecule has 1 aliphatic rings. The number of hydrogen-bond donors (Lipinski definition) is 1. The van der Waals surface area contributed by atoms with Crippen LogP contribution in [-0.4, -0.2) is 50.0 Å². The first-order chi connectivity index (χ1) is 20.0. The third-order valence-corrected chi connectivity index (χ3v) is 9.03. The molecule has 0 aromatic heterocycles. The average molecular weight is 663 g/mol. The fourth-order valence-electron chi connectivity index (χ4n) is 5.14. The maximum absolute atomic E-state index is 14.1. The number of sulfonamides is 1. The molecule has 4 rings (SSSR count). The molecule has 0 radical (unpaired) electrons. The number of amides is 2. The van der Waals surface area contributed by atoms with E-state index in [-0.39, 0.29) is 30.6 Å². The van der Waals surface area contributed by atoms with E-state index in [4.69, 9.17) is 0 Å². The summed E-state index contributed by atoms with van der Waals surface area (Å²) in [6.45, 7) is -0.681. The lowest BCUT2D eigenvalue weighted by Gasteiger charge is -2.35. The van der Waals surface area contributed by atoms with Gasteiger partial charge in [0.1, 0.15) is 12.6 Å². The Morgan fingerprint density at radius 2 is 1.60 bits per heavy atom. The van der Waals surface area contributed by atoms with Crippen molar-refractivity contribution in [2.45, 2.75) is 57.2 Å². The molecule has 7 nitrogen and oxygen atoms in total. The molecule has 2 amide bonds. The summed E-state index contributed by atoms with van der Waals surface area (Å²) in [5.41, 5.74) is 1.36. The van der Waals surface area contributed by atoms with Crippen molar-refractivity contribution in [3.63, 3.8) is 0 Å². The first-order valence-electron chi connectivity index (χ1n) is 13.8. The third kappa shape index (κ3) is 8.61. The van der Waals surface area contributed by atoms with Crippen LogP contribution in [0, 0.1) is 11.6 Å². The second-order valence-corrected chi connectivity index (χ2v) is 13.4. The molecule has 224 valence electrons. The first kappa shape index (κ1) is 31.6. The van der Waals surface area contributed by atoms with Gasteiger partial charge in [-0.15, -0.1) is 0 Å². The van der Waals surface area contributed by atoms with E-state index < -0.39 is 40.2 Å². The van der Waals surface area contributed by atoms with E-state index in [0.29, 0.717) is 0 Å². The molecule has 1 saturated carbocycles. The fourth-order valence-corrected chi connectivity index (χ4v) is 6.24. The highest BCUT2D eigenvalue weighted by atomic mass is 79.9. The van der Waals surface area contributed by atoms with Gasteiger partial charge in [-0.2, -0.15) is 0 Å². The van der Waals surface area contributed by atoms with Crippen LogP contribution in [0.3, 0.4) is 0 Å². The minimum atomic E-state index is -4.09. The number of nitrogens with zero attached hydrogens (tertiary/aromatic N) is 2. The van der Waals surface area contributed by atoms with Crippen molar-refractivity contribution >= 4 is 43.5 Å². The lowest BCUT2D eigenvalue weighted by atomic mass is 9.94. The van der Waals surface area contributed by atoms with Gasteiger partial charge in [-0.1, -0.05) is 77.7 Å². The van der Waals surface area contributed by atoms with Gasteiger partial charge in [-0.3, -0.25) is 13.9 Å². The molecule has 1 atom stereocenters. The molecular weight excluding hydrogens is 628 g/mol. The number of benzene rings is 3. The van der Waals surface area contributed by atoms with E-state index in [1.54, 1.807) is 0 Å². The first-order valence-corrected chi connectivity index (χ1v) is 16.5. The second kappa shape index (κ2) is 14.2. The lowest BCUT2D eigenvalue weighted by molar-refractivity contribution is -0.140. The van der Waals surface area contributed by atoms with Gasteiger partial charge in [-0.05, 0) is 48.2 Å². The van der Waals surface area contributed by atoms with Crippen LogP contribution >= 0.6 is 15.9 Å². The number of halogens is 3. The molecule has 0 saturated heterocycles. The summed E-state index contributed by atoms with van der Waals surface area (Å²) in [6, 6.07) is 18.2. The Hall–Kier alpha value is -3.31. The van der Waals surface area contributed by atoms with Gasteiger partial charge in [0, 0.05) is 29.5 Å². The summed E-state index contributed by atoms with van der Waals surface area (Å²) >= 11 is 3.41. The molecule has 0 bridgehead atoms. The minimum absolute atomic E-state index is 0.0103. The zero-order valence-electron chi connectivity index (χ0n) is 23.3. The molecule has 3 aromatic carbocycles. The average Bonchev–Trinajstić information content (AvgIpc) is 2.96. The summed E-state index contributed by atoms with van der Waals surface area (Å²) in [6.07, 6.45) is 5.91. The number of carbonyl (C=O) groups is 2. The van der Waals surface area contributed by atoms with Gasteiger partial charge < -0.3 is 10.2 Å². The van der Waals surface area contributed by atoms with Gasteiger partial charge in [0.25, 0.3) is 0 Å². The predicted molar refractivity (Wildman–Crippen MR) is 162 cm³/mol. The van der Waals surface area contributed by atoms with Crippen LogP contribution in [0.1, 0.15) is 43.2 Å². The zero-order valence-corrected chi connectivity index (χ0v) is 25.7. The van der Waals surface area contributed by atoms with Gasteiger partial charge in [-0.25, -0.2) is 17.2 Å².